The van der Waals surface area contributed by atoms with Gasteiger partial charge < -0.3 is 14.7 Å². The molecule has 0 bridgehead atoms. The van der Waals surface area contributed by atoms with E-state index >= 15 is 0 Å². The van der Waals surface area contributed by atoms with Gasteiger partial charge in [0.1, 0.15) is 10.8 Å². The van der Waals surface area contributed by atoms with Crippen molar-refractivity contribution in [1.82, 2.24) is 4.98 Å². The van der Waals surface area contributed by atoms with Crippen molar-refractivity contribution < 1.29 is 19.1 Å². The smallest absolute Gasteiger partial charge is 0.124 e. The Morgan fingerprint density at radius 2 is 2.08 bits per heavy atom. The average Bonchev–Trinajstić information content (AvgIpc) is 2.68. The van der Waals surface area contributed by atoms with E-state index in [4.69, 9.17) is 14.7 Å². The van der Waals surface area contributed by atoms with Crippen LogP contribution in [0.3, 0.4) is 0 Å². The van der Waals surface area contributed by atoms with Crippen molar-refractivity contribution in [2.45, 2.75) is 35.3 Å². The molecule has 0 atom stereocenters. The first-order valence-electron chi connectivity index (χ1n) is 8.33. The lowest BCUT2D eigenvalue weighted by atomic mass is 9.86. The van der Waals surface area contributed by atoms with Crippen molar-refractivity contribution in [3.05, 3.63) is 53.5 Å². The molecule has 0 unspecified atom stereocenters. The quantitative estimate of drug-likeness (QED) is 0.481. The molecule has 0 saturated carbocycles. The van der Waals surface area contributed by atoms with Gasteiger partial charge in [-0.2, -0.15) is 0 Å². The molecule has 7 heteroatoms. The predicted octanol–water partition coefficient (Wildman–Crippen LogP) is 4.22. The van der Waals surface area contributed by atoms with Gasteiger partial charge in [0, 0.05) is 49.8 Å². The Bertz CT molecular complexity index is 790. The maximum atomic E-state index is 14.2. The summed E-state index contributed by atoms with van der Waals surface area (Å²) >= 11 is 1.38. The fourth-order valence-corrected chi connectivity index (χ4v) is 3.87. The zero-order valence-electron chi connectivity index (χ0n) is 14.7. The third-order valence-corrected chi connectivity index (χ3v) is 5.54. The highest BCUT2D eigenvalue weighted by molar-refractivity contribution is 7.99. The minimum absolute atomic E-state index is 0.298. The summed E-state index contributed by atoms with van der Waals surface area (Å²) < 4.78 is 25.4. The predicted molar refractivity (Wildman–Crippen MR) is 97.5 cm³/mol. The van der Waals surface area contributed by atoms with Crippen LogP contribution in [0.2, 0.25) is 0 Å². The van der Waals surface area contributed by atoms with Crippen LogP contribution in [0.1, 0.15) is 30.9 Å². The molecule has 0 radical (unpaired) electrons. The van der Waals surface area contributed by atoms with Crippen LogP contribution in [0.25, 0.3) is 0 Å². The lowest BCUT2D eigenvalue weighted by Gasteiger charge is -2.36. The molecule has 26 heavy (non-hydrogen) atoms. The van der Waals surface area contributed by atoms with Crippen LogP contribution in [0.5, 0.6) is 0 Å². The highest BCUT2D eigenvalue weighted by Crippen LogP contribution is 2.38. The molecule has 1 aliphatic rings. The molecule has 0 amide bonds. The van der Waals surface area contributed by atoms with Gasteiger partial charge in [0.05, 0.1) is 11.3 Å². The molecule has 1 N–H and O–H groups in total. The van der Waals surface area contributed by atoms with Gasteiger partial charge in [0.15, 0.2) is 0 Å². The molecule has 1 aromatic heterocycles. The number of halogens is 1. The van der Waals surface area contributed by atoms with Gasteiger partial charge in [-0.3, -0.25) is 0 Å². The van der Waals surface area contributed by atoms with Crippen LogP contribution >= 0.6 is 11.8 Å². The third kappa shape index (κ3) is 4.06. The second-order valence-electron chi connectivity index (χ2n) is 6.16. The molecule has 2 heterocycles. The summed E-state index contributed by atoms with van der Waals surface area (Å²) in [6.45, 7) is 2.89. The second-order valence-corrected chi connectivity index (χ2v) is 7.25. The number of benzene rings is 1. The lowest BCUT2D eigenvalue weighted by Crippen LogP contribution is -2.35. The zero-order valence-corrected chi connectivity index (χ0v) is 15.6. The van der Waals surface area contributed by atoms with Crippen molar-refractivity contribution in [2.75, 3.05) is 20.3 Å². The van der Waals surface area contributed by atoms with Crippen LogP contribution in [0.4, 0.5) is 4.39 Å². The van der Waals surface area contributed by atoms with Crippen LogP contribution in [-0.2, 0) is 15.1 Å². The lowest BCUT2D eigenvalue weighted by molar-refractivity contribution is -0.0950. The van der Waals surface area contributed by atoms with Gasteiger partial charge in [0.2, 0.25) is 0 Å². The topological polar surface area (TPSA) is 63.9 Å². The fraction of sp³-hybridized carbons (Fsp3) is 0.368. The molecule has 1 fully saturated rings. The number of hydrogen-bond donors (Lipinski definition) is 1. The van der Waals surface area contributed by atoms with Gasteiger partial charge in [-0.1, -0.05) is 16.9 Å². The van der Waals surface area contributed by atoms with Crippen LogP contribution < -0.4 is 0 Å². The molecular weight excluding hydrogens is 355 g/mol. The van der Waals surface area contributed by atoms with E-state index < -0.39 is 5.60 Å². The molecule has 0 aliphatic carbocycles. The summed E-state index contributed by atoms with van der Waals surface area (Å²) in [5.74, 6) is -0.298. The fourth-order valence-electron chi connectivity index (χ4n) is 3.03. The van der Waals surface area contributed by atoms with Crippen molar-refractivity contribution in [2.24, 2.45) is 5.16 Å². The maximum Gasteiger partial charge on any atom is 0.124 e. The average molecular weight is 376 g/mol. The first-order valence-corrected chi connectivity index (χ1v) is 9.15. The normalized spacial score (nSPS) is 17.3. The van der Waals surface area contributed by atoms with Crippen molar-refractivity contribution in [1.29, 1.82) is 0 Å². The molecule has 138 valence electrons. The molecule has 1 aliphatic heterocycles. The highest BCUT2D eigenvalue weighted by Gasteiger charge is 2.35. The Hall–Kier alpha value is -1.96. The molecule has 0 spiro atoms. The van der Waals surface area contributed by atoms with Crippen molar-refractivity contribution in [3.8, 4) is 0 Å². The molecule has 1 saturated heterocycles. The number of pyridine rings is 1. The number of methoxy groups -OCH3 is 1. The highest BCUT2D eigenvalue weighted by atomic mass is 32.2. The number of rotatable bonds is 5. The SMILES string of the molecule is COC1(c2cc(F)cc(Sc3ccc(C(C)=NO)cn3)c2)CCOCC1. The molecule has 2 aromatic rings. The number of oxime groups is 1. The van der Waals surface area contributed by atoms with Gasteiger partial charge in [-0.15, -0.1) is 0 Å². The largest absolute Gasteiger partial charge is 0.411 e. The Balaban J connectivity index is 1.86. The van der Waals surface area contributed by atoms with E-state index in [2.05, 4.69) is 10.1 Å². The van der Waals surface area contributed by atoms with Gasteiger partial charge in [-0.25, -0.2) is 9.37 Å². The molecular formula is C19H21FN2O3S. The van der Waals surface area contributed by atoms with Crippen molar-refractivity contribution >= 4 is 17.5 Å². The van der Waals surface area contributed by atoms with E-state index in [-0.39, 0.29) is 5.82 Å². The Morgan fingerprint density at radius 1 is 1.31 bits per heavy atom. The zero-order chi connectivity index (χ0) is 18.6. The summed E-state index contributed by atoms with van der Waals surface area (Å²) in [7, 11) is 1.66. The van der Waals surface area contributed by atoms with E-state index in [1.807, 2.05) is 18.2 Å². The van der Waals surface area contributed by atoms with Crippen LogP contribution in [0, 0.1) is 5.82 Å². The Kier molecular flexibility index (Phi) is 5.90. The van der Waals surface area contributed by atoms with Gasteiger partial charge >= 0.3 is 0 Å². The van der Waals surface area contributed by atoms with E-state index in [9.17, 15) is 4.39 Å². The minimum Gasteiger partial charge on any atom is -0.411 e. The van der Waals surface area contributed by atoms with E-state index in [1.54, 1.807) is 20.2 Å². The van der Waals surface area contributed by atoms with E-state index in [1.165, 1.54) is 23.9 Å². The van der Waals surface area contributed by atoms with E-state index in [0.717, 1.165) is 21.0 Å². The summed E-state index contributed by atoms with van der Waals surface area (Å²) in [5, 5.41) is 12.7. The van der Waals surface area contributed by atoms with Crippen LogP contribution in [0.15, 0.2) is 51.6 Å². The standard InChI is InChI=1S/C19H21FN2O3S/c1-13(22-23)14-3-4-18(21-12-14)26-17-10-15(9-16(20)11-17)19(24-2)5-7-25-8-6-19/h3-4,9-12,23H,5-8H2,1-2H3. The minimum atomic E-state index is -0.512. The number of aromatic nitrogens is 1. The first kappa shape index (κ1) is 18.8. The maximum absolute atomic E-state index is 14.2. The van der Waals surface area contributed by atoms with E-state index in [0.29, 0.717) is 31.8 Å². The molecule has 1 aromatic carbocycles. The summed E-state index contributed by atoms with van der Waals surface area (Å²) in [4.78, 5) is 5.11. The molecule has 5 nitrogen and oxygen atoms in total. The first-order chi connectivity index (χ1) is 12.6. The monoisotopic (exact) mass is 376 g/mol. The summed E-state index contributed by atoms with van der Waals surface area (Å²) in [6.07, 6.45) is 3.03. The number of nitrogens with zero attached hydrogens (tertiary/aromatic N) is 2. The van der Waals surface area contributed by atoms with Crippen molar-refractivity contribution in [3.63, 3.8) is 0 Å². The second kappa shape index (κ2) is 8.16. The van der Waals surface area contributed by atoms with Crippen LogP contribution in [-0.4, -0.2) is 36.2 Å². The van der Waals surface area contributed by atoms with Gasteiger partial charge in [-0.05, 0) is 42.8 Å². The summed E-state index contributed by atoms with van der Waals surface area (Å²) in [6, 6.07) is 8.63. The molecule has 3 rings (SSSR count). The van der Waals surface area contributed by atoms with Gasteiger partial charge in [0.25, 0.3) is 0 Å². The Labute approximate surface area is 156 Å². The third-order valence-electron chi connectivity index (χ3n) is 4.62. The number of hydrogen-bond acceptors (Lipinski definition) is 6. The summed E-state index contributed by atoms with van der Waals surface area (Å²) in [5.41, 5.74) is 1.54. The Morgan fingerprint density at radius 3 is 2.69 bits per heavy atom. The number of ether oxygens (including phenoxy) is 2.